The molecular formula is C28H25F3N4O2. The highest BCUT2D eigenvalue weighted by atomic mass is 19.4. The lowest BCUT2D eigenvalue weighted by atomic mass is 10.0. The molecule has 0 N–H and O–H groups in total. The normalized spacial score (nSPS) is 14.5. The van der Waals surface area contributed by atoms with Crippen LogP contribution >= 0.6 is 0 Å². The summed E-state index contributed by atoms with van der Waals surface area (Å²) < 4.78 is 45.8. The second kappa shape index (κ2) is 10.1. The van der Waals surface area contributed by atoms with Gasteiger partial charge in [-0.1, -0.05) is 36.4 Å². The van der Waals surface area contributed by atoms with E-state index in [-0.39, 0.29) is 11.4 Å². The lowest BCUT2D eigenvalue weighted by molar-refractivity contribution is -0.140. The summed E-state index contributed by atoms with van der Waals surface area (Å²) in [6.45, 7) is 2.11. The number of alkyl halides is 3. The summed E-state index contributed by atoms with van der Waals surface area (Å²) in [6.07, 6.45) is -2.28. The average Bonchev–Trinajstić information content (AvgIpc) is 3.18. The van der Waals surface area contributed by atoms with E-state index in [0.717, 1.165) is 11.6 Å². The Morgan fingerprint density at radius 1 is 0.946 bits per heavy atom. The molecule has 0 radical (unpaired) electrons. The summed E-state index contributed by atoms with van der Waals surface area (Å²) in [5.74, 6) is 1.09. The molecule has 0 atom stereocenters. The first kappa shape index (κ1) is 24.5. The summed E-state index contributed by atoms with van der Waals surface area (Å²) in [6, 6.07) is 18.6. The molecule has 190 valence electrons. The Balaban J connectivity index is 1.47. The zero-order valence-electron chi connectivity index (χ0n) is 20.2. The first-order chi connectivity index (χ1) is 17.8. The van der Waals surface area contributed by atoms with Crippen LogP contribution in [0.1, 0.15) is 22.5 Å². The first-order valence-electron chi connectivity index (χ1n) is 12.0. The lowest BCUT2D eigenvalue weighted by Crippen LogP contribution is -2.35. The summed E-state index contributed by atoms with van der Waals surface area (Å²) in [4.78, 5) is 25.6. The van der Waals surface area contributed by atoms with Gasteiger partial charge in [0.15, 0.2) is 0 Å². The maximum atomic E-state index is 13.5. The Bertz CT molecular complexity index is 1430. The number of methoxy groups -OCH3 is 1. The molecule has 1 saturated heterocycles. The van der Waals surface area contributed by atoms with Crippen LogP contribution in [-0.4, -0.2) is 54.1 Å². The van der Waals surface area contributed by atoms with Crippen LogP contribution in [0.25, 0.3) is 22.0 Å². The van der Waals surface area contributed by atoms with E-state index in [1.165, 1.54) is 6.07 Å². The summed E-state index contributed by atoms with van der Waals surface area (Å²) in [7, 11) is 1.56. The van der Waals surface area contributed by atoms with E-state index in [2.05, 4.69) is 9.97 Å². The number of hydrogen-bond acceptors (Lipinski definition) is 5. The Labute approximate surface area is 212 Å². The topological polar surface area (TPSA) is 58.6 Å². The van der Waals surface area contributed by atoms with E-state index >= 15 is 0 Å². The van der Waals surface area contributed by atoms with Crippen molar-refractivity contribution in [2.24, 2.45) is 0 Å². The fourth-order valence-electron chi connectivity index (χ4n) is 4.61. The van der Waals surface area contributed by atoms with Crippen molar-refractivity contribution in [2.75, 3.05) is 38.2 Å². The van der Waals surface area contributed by atoms with Gasteiger partial charge in [-0.15, -0.1) is 0 Å². The Morgan fingerprint density at radius 3 is 2.51 bits per heavy atom. The third kappa shape index (κ3) is 5.07. The van der Waals surface area contributed by atoms with Gasteiger partial charge >= 0.3 is 6.18 Å². The maximum Gasteiger partial charge on any atom is 0.433 e. The van der Waals surface area contributed by atoms with Gasteiger partial charge in [-0.2, -0.15) is 13.2 Å². The van der Waals surface area contributed by atoms with Crippen LogP contribution in [0.15, 0.2) is 72.9 Å². The monoisotopic (exact) mass is 506 g/mol. The number of amides is 1. The predicted molar refractivity (Wildman–Crippen MR) is 136 cm³/mol. The molecule has 37 heavy (non-hydrogen) atoms. The summed E-state index contributed by atoms with van der Waals surface area (Å²) >= 11 is 0. The second-order valence-electron chi connectivity index (χ2n) is 8.82. The summed E-state index contributed by atoms with van der Waals surface area (Å²) in [5, 5.41) is 0.543. The quantitative estimate of drug-likeness (QED) is 0.357. The van der Waals surface area contributed by atoms with Crippen LogP contribution in [0.2, 0.25) is 0 Å². The smallest absolute Gasteiger partial charge is 0.433 e. The Kier molecular flexibility index (Phi) is 6.69. The van der Waals surface area contributed by atoms with E-state index in [1.54, 1.807) is 42.5 Å². The number of pyridine rings is 2. The van der Waals surface area contributed by atoms with Gasteiger partial charge in [0.25, 0.3) is 5.91 Å². The van der Waals surface area contributed by atoms with Gasteiger partial charge in [0.05, 0.1) is 12.6 Å². The minimum Gasteiger partial charge on any atom is -0.497 e. The molecule has 6 nitrogen and oxygen atoms in total. The number of carbonyl (C=O) groups is 1. The molecule has 3 heterocycles. The van der Waals surface area contributed by atoms with Gasteiger partial charge in [-0.25, -0.2) is 9.97 Å². The molecule has 0 saturated carbocycles. The zero-order valence-corrected chi connectivity index (χ0v) is 20.2. The Hall–Kier alpha value is -4.14. The van der Waals surface area contributed by atoms with E-state index < -0.39 is 11.9 Å². The minimum absolute atomic E-state index is 0.0884. The van der Waals surface area contributed by atoms with Gasteiger partial charge in [0.2, 0.25) is 0 Å². The van der Waals surface area contributed by atoms with E-state index in [9.17, 15) is 18.0 Å². The molecule has 2 aromatic heterocycles. The van der Waals surface area contributed by atoms with Crippen molar-refractivity contribution in [3.05, 3.63) is 84.2 Å². The third-order valence-corrected chi connectivity index (χ3v) is 6.48. The molecule has 0 spiro atoms. The molecule has 1 aliphatic heterocycles. The van der Waals surface area contributed by atoms with Gasteiger partial charge in [-0.05, 0) is 42.3 Å². The van der Waals surface area contributed by atoms with Crippen LogP contribution in [0.5, 0.6) is 5.75 Å². The standard InChI is InChI=1S/C28H25F3N4O2/c1-37-21-10-5-9-20(17-21)27(36)35-14-6-13-34(15-16-35)26-22-11-12-24(28(29,30)31)33-25(22)23(18-32-26)19-7-3-2-4-8-19/h2-5,7-12,17-18H,6,13-16H2,1H3. The fourth-order valence-corrected chi connectivity index (χ4v) is 4.61. The molecule has 5 rings (SSSR count). The molecule has 9 heteroatoms. The highest BCUT2D eigenvalue weighted by Crippen LogP contribution is 2.36. The van der Waals surface area contributed by atoms with Gasteiger partial charge in [-0.3, -0.25) is 4.79 Å². The molecule has 2 aromatic carbocycles. The number of rotatable bonds is 4. The van der Waals surface area contributed by atoms with Crippen molar-refractivity contribution in [1.82, 2.24) is 14.9 Å². The molecule has 4 aromatic rings. The number of fused-ring (bicyclic) bond motifs is 1. The SMILES string of the molecule is COc1cccc(C(=O)N2CCCN(c3ncc(-c4ccccc4)c4nc(C(F)(F)F)ccc34)CC2)c1. The van der Waals surface area contributed by atoms with Gasteiger partial charge in [0.1, 0.15) is 17.3 Å². The largest absolute Gasteiger partial charge is 0.497 e. The highest BCUT2D eigenvalue weighted by molar-refractivity contribution is 5.99. The van der Waals surface area contributed by atoms with Crippen LogP contribution in [0.3, 0.4) is 0 Å². The van der Waals surface area contributed by atoms with Crippen molar-refractivity contribution in [3.63, 3.8) is 0 Å². The highest BCUT2D eigenvalue weighted by Gasteiger charge is 2.33. The summed E-state index contributed by atoms with van der Waals surface area (Å²) in [5.41, 5.74) is 1.13. The second-order valence-corrected chi connectivity index (χ2v) is 8.82. The van der Waals surface area contributed by atoms with Crippen LogP contribution in [0, 0.1) is 0 Å². The number of anilines is 1. The molecule has 1 fully saturated rings. The lowest BCUT2D eigenvalue weighted by Gasteiger charge is -2.25. The Morgan fingerprint density at radius 2 is 1.76 bits per heavy atom. The van der Waals surface area contributed by atoms with E-state index in [0.29, 0.717) is 60.7 Å². The van der Waals surface area contributed by atoms with Crippen molar-refractivity contribution in [3.8, 4) is 16.9 Å². The van der Waals surface area contributed by atoms with Gasteiger partial charge in [0, 0.05) is 48.9 Å². The predicted octanol–water partition coefficient (Wildman–Crippen LogP) is 5.68. The van der Waals surface area contributed by atoms with Crippen LogP contribution < -0.4 is 9.64 Å². The average molecular weight is 507 g/mol. The van der Waals surface area contributed by atoms with Crippen LogP contribution in [-0.2, 0) is 6.18 Å². The molecule has 0 unspecified atom stereocenters. The number of nitrogens with zero attached hydrogens (tertiary/aromatic N) is 4. The number of halogens is 3. The van der Waals surface area contributed by atoms with Crippen LogP contribution in [0.4, 0.5) is 19.0 Å². The number of benzene rings is 2. The minimum atomic E-state index is -4.56. The number of aromatic nitrogens is 2. The third-order valence-electron chi connectivity index (χ3n) is 6.48. The van der Waals surface area contributed by atoms with Crippen molar-refractivity contribution < 1.29 is 22.7 Å². The van der Waals surface area contributed by atoms with E-state index in [1.807, 2.05) is 35.2 Å². The fraction of sp³-hybridized carbons (Fsp3) is 0.250. The van der Waals surface area contributed by atoms with Crippen molar-refractivity contribution in [1.29, 1.82) is 0 Å². The number of hydrogen-bond donors (Lipinski definition) is 0. The maximum absolute atomic E-state index is 13.5. The van der Waals surface area contributed by atoms with Gasteiger partial charge < -0.3 is 14.5 Å². The first-order valence-corrected chi connectivity index (χ1v) is 12.0. The molecule has 0 bridgehead atoms. The zero-order chi connectivity index (χ0) is 26.0. The molecular weight excluding hydrogens is 481 g/mol. The molecule has 0 aliphatic carbocycles. The molecule has 1 aliphatic rings. The molecule has 1 amide bonds. The van der Waals surface area contributed by atoms with Crippen molar-refractivity contribution >= 4 is 22.6 Å². The number of ether oxygens (including phenoxy) is 1. The van der Waals surface area contributed by atoms with Crippen molar-refractivity contribution in [2.45, 2.75) is 12.6 Å². The number of carbonyl (C=O) groups excluding carboxylic acids is 1. The van der Waals surface area contributed by atoms with E-state index in [4.69, 9.17) is 4.74 Å².